The molecule has 17 heavy (non-hydrogen) atoms. The lowest BCUT2D eigenvalue weighted by Gasteiger charge is -2.04. The molecule has 88 valence electrons. The van der Waals surface area contributed by atoms with Crippen LogP contribution in [0, 0.1) is 11.6 Å². The molecule has 0 N–H and O–H groups in total. The summed E-state index contributed by atoms with van der Waals surface area (Å²) in [5.41, 5.74) is 0.395. The van der Waals surface area contributed by atoms with Gasteiger partial charge in [-0.3, -0.25) is 0 Å². The maximum absolute atomic E-state index is 13.4. The Morgan fingerprint density at radius 3 is 2.18 bits per heavy atom. The van der Waals surface area contributed by atoms with Gasteiger partial charge in [0.25, 0.3) is 0 Å². The van der Waals surface area contributed by atoms with Crippen molar-refractivity contribution in [1.29, 1.82) is 0 Å². The molecule has 0 aliphatic rings. The lowest BCUT2D eigenvalue weighted by Crippen LogP contribution is -2.01. The van der Waals surface area contributed by atoms with Gasteiger partial charge in [-0.1, -0.05) is 41.4 Å². The first-order valence-corrected chi connectivity index (χ1v) is 5.44. The molecule has 1 aromatic carbocycles. The lowest BCUT2D eigenvalue weighted by molar-refractivity contribution is 0.603. The highest BCUT2D eigenvalue weighted by molar-refractivity contribution is 6.33. The molecular weight excluding hydrogens is 269 g/mol. The molecule has 2 aromatic rings. The van der Waals surface area contributed by atoms with Crippen LogP contribution in [0.25, 0.3) is 0 Å². The first-order valence-electron chi connectivity index (χ1n) is 4.68. The van der Waals surface area contributed by atoms with E-state index in [2.05, 4.69) is 9.97 Å². The topological polar surface area (TPSA) is 25.8 Å². The minimum absolute atomic E-state index is 0.104. The molecule has 0 aliphatic carbocycles. The van der Waals surface area contributed by atoms with Crippen LogP contribution < -0.4 is 0 Å². The van der Waals surface area contributed by atoms with Gasteiger partial charge in [0.1, 0.15) is 11.6 Å². The first kappa shape index (κ1) is 12.2. The summed E-state index contributed by atoms with van der Waals surface area (Å²) >= 11 is 11.0. The van der Waals surface area contributed by atoms with Gasteiger partial charge >= 0.3 is 0 Å². The average Bonchev–Trinajstić information content (AvgIpc) is 2.29. The van der Waals surface area contributed by atoms with E-state index in [-0.39, 0.29) is 28.4 Å². The van der Waals surface area contributed by atoms with E-state index >= 15 is 0 Å². The molecule has 0 saturated heterocycles. The number of hydrogen-bond donors (Lipinski definition) is 0. The zero-order valence-corrected chi connectivity index (χ0v) is 9.93. The third-order valence-electron chi connectivity index (χ3n) is 2.12. The van der Waals surface area contributed by atoms with E-state index in [1.165, 1.54) is 6.07 Å². The second-order valence-corrected chi connectivity index (χ2v) is 4.02. The van der Waals surface area contributed by atoms with E-state index in [4.69, 9.17) is 23.2 Å². The van der Waals surface area contributed by atoms with Crippen molar-refractivity contribution in [3.63, 3.8) is 0 Å². The van der Waals surface area contributed by atoms with Crippen molar-refractivity contribution < 1.29 is 8.78 Å². The summed E-state index contributed by atoms with van der Waals surface area (Å²) in [4.78, 5) is 7.40. The quantitative estimate of drug-likeness (QED) is 0.782. The third kappa shape index (κ3) is 2.70. The molecule has 2 rings (SSSR count). The molecule has 1 aromatic heterocycles. The third-order valence-corrected chi connectivity index (χ3v) is 2.62. The summed E-state index contributed by atoms with van der Waals surface area (Å²) in [6, 6.07) is 6.17. The van der Waals surface area contributed by atoms with Crippen LogP contribution in [0.1, 0.15) is 11.4 Å². The first-order chi connectivity index (χ1) is 8.08. The van der Waals surface area contributed by atoms with Crippen molar-refractivity contribution in [1.82, 2.24) is 9.97 Å². The normalized spacial score (nSPS) is 10.6. The minimum atomic E-state index is -0.870. The molecule has 0 spiro atoms. The Bertz CT molecular complexity index is 538. The summed E-state index contributed by atoms with van der Waals surface area (Å²) < 4.78 is 26.4. The lowest BCUT2D eigenvalue weighted by atomic mass is 10.1. The second kappa shape index (κ2) is 4.94. The molecule has 0 amide bonds. The van der Waals surface area contributed by atoms with Gasteiger partial charge in [0, 0.05) is 6.42 Å². The molecule has 2 nitrogen and oxygen atoms in total. The van der Waals surface area contributed by atoms with Crippen molar-refractivity contribution in [3.05, 3.63) is 57.6 Å². The molecule has 6 heteroatoms. The largest absolute Gasteiger partial charge is 0.218 e. The van der Waals surface area contributed by atoms with E-state index in [1.807, 2.05) is 0 Å². The molecule has 0 unspecified atom stereocenters. The van der Waals surface area contributed by atoms with Crippen LogP contribution in [-0.2, 0) is 6.42 Å². The standard InChI is InChI=1S/C11H6Cl2F2N2/c12-10-9(15)11(13)17-8(16-10)5-6-3-1-2-4-7(6)14/h1-4H,5H2. The Morgan fingerprint density at radius 1 is 1.00 bits per heavy atom. The smallest absolute Gasteiger partial charge is 0.197 e. The van der Waals surface area contributed by atoms with Gasteiger partial charge in [0.2, 0.25) is 0 Å². The van der Waals surface area contributed by atoms with Gasteiger partial charge in [-0.05, 0) is 11.6 Å². The average molecular weight is 275 g/mol. The number of nitrogens with zero attached hydrogens (tertiary/aromatic N) is 2. The van der Waals surface area contributed by atoms with E-state index < -0.39 is 5.82 Å². The fourth-order valence-corrected chi connectivity index (χ4v) is 1.75. The SMILES string of the molecule is Fc1ccccc1Cc1nc(Cl)c(F)c(Cl)n1. The van der Waals surface area contributed by atoms with Crippen LogP contribution in [0.2, 0.25) is 10.3 Å². The Morgan fingerprint density at radius 2 is 1.59 bits per heavy atom. The fourth-order valence-electron chi connectivity index (χ4n) is 1.33. The molecular formula is C11H6Cl2F2N2. The van der Waals surface area contributed by atoms with E-state index in [1.54, 1.807) is 18.2 Å². The van der Waals surface area contributed by atoms with Crippen LogP contribution in [0.4, 0.5) is 8.78 Å². The summed E-state index contributed by atoms with van der Waals surface area (Å²) in [5.74, 6) is -1.08. The number of rotatable bonds is 2. The van der Waals surface area contributed by atoms with Crippen molar-refractivity contribution in [2.24, 2.45) is 0 Å². The van der Waals surface area contributed by atoms with Gasteiger partial charge in [-0.2, -0.15) is 0 Å². The van der Waals surface area contributed by atoms with Crippen molar-refractivity contribution >= 4 is 23.2 Å². The zero-order chi connectivity index (χ0) is 12.4. The summed E-state index contributed by atoms with van der Waals surface area (Å²) in [5, 5.41) is -0.729. The van der Waals surface area contributed by atoms with Crippen molar-refractivity contribution in [3.8, 4) is 0 Å². The molecule has 1 heterocycles. The van der Waals surface area contributed by atoms with Crippen LogP contribution in [-0.4, -0.2) is 9.97 Å². The number of hydrogen-bond acceptors (Lipinski definition) is 2. The molecule has 0 radical (unpaired) electrons. The maximum atomic E-state index is 13.4. The van der Waals surface area contributed by atoms with Crippen LogP contribution >= 0.6 is 23.2 Å². The number of aromatic nitrogens is 2. The van der Waals surface area contributed by atoms with Gasteiger partial charge in [-0.15, -0.1) is 0 Å². The highest BCUT2D eigenvalue weighted by Gasteiger charge is 2.12. The predicted octanol–water partition coefficient (Wildman–Crippen LogP) is 3.65. The molecule has 0 saturated carbocycles. The molecule has 0 fully saturated rings. The van der Waals surface area contributed by atoms with Crippen molar-refractivity contribution in [2.45, 2.75) is 6.42 Å². The Labute approximate surface area is 106 Å². The van der Waals surface area contributed by atoms with E-state index in [9.17, 15) is 8.78 Å². The highest BCUT2D eigenvalue weighted by atomic mass is 35.5. The highest BCUT2D eigenvalue weighted by Crippen LogP contribution is 2.20. The Balaban J connectivity index is 2.34. The predicted molar refractivity (Wildman–Crippen MR) is 61.2 cm³/mol. The molecule has 0 atom stereocenters. The zero-order valence-electron chi connectivity index (χ0n) is 8.42. The Hall–Kier alpha value is -1.26. The summed E-state index contributed by atoms with van der Waals surface area (Å²) in [7, 11) is 0. The second-order valence-electron chi connectivity index (χ2n) is 3.30. The van der Waals surface area contributed by atoms with Gasteiger partial charge in [0.15, 0.2) is 16.1 Å². The van der Waals surface area contributed by atoms with Gasteiger partial charge in [0.05, 0.1) is 0 Å². The van der Waals surface area contributed by atoms with E-state index in [0.29, 0.717) is 5.56 Å². The molecule has 0 aliphatic heterocycles. The summed E-state index contributed by atoms with van der Waals surface area (Å²) in [6.45, 7) is 0. The minimum Gasteiger partial charge on any atom is -0.218 e. The van der Waals surface area contributed by atoms with Crippen LogP contribution in [0.5, 0.6) is 0 Å². The van der Waals surface area contributed by atoms with Gasteiger partial charge < -0.3 is 0 Å². The Kier molecular flexibility index (Phi) is 3.54. The monoisotopic (exact) mass is 274 g/mol. The number of halogens is 4. The molecule has 0 bridgehead atoms. The van der Waals surface area contributed by atoms with Gasteiger partial charge in [-0.25, -0.2) is 18.7 Å². The summed E-state index contributed by atoms with van der Waals surface area (Å²) in [6.07, 6.45) is 0.104. The number of benzene rings is 1. The van der Waals surface area contributed by atoms with Crippen LogP contribution in [0.3, 0.4) is 0 Å². The maximum Gasteiger partial charge on any atom is 0.197 e. The van der Waals surface area contributed by atoms with Crippen LogP contribution in [0.15, 0.2) is 24.3 Å². The fraction of sp³-hybridized carbons (Fsp3) is 0.0909. The van der Waals surface area contributed by atoms with E-state index in [0.717, 1.165) is 0 Å². The van der Waals surface area contributed by atoms with Crippen molar-refractivity contribution in [2.75, 3.05) is 0 Å².